The normalized spacial score (nSPS) is 13.0. The third-order valence-electron chi connectivity index (χ3n) is 3.08. The molecule has 0 aliphatic carbocycles. The van der Waals surface area contributed by atoms with Crippen LogP contribution in [0.5, 0.6) is 0 Å². The SMILES string of the molecule is CCCN(CC)C(CN)c1ccc(SC)cc1. The Morgan fingerprint density at radius 2 is 1.88 bits per heavy atom. The first kappa shape index (κ1) is 14.6. The maximum atomic E-state index is 5.94. The van der Waals surface area contributed by atoms with Crippen LogP contribution in [0.25, 0.3) is 0 Å². The molecule has 0 aliphatic heterocycles. The molecule has 0 spiro atoms. The lowest BCUT2D eigenvalue weighted by Gasteiger charge is -2.29. The average Bonchev–Trinajstić information content (AvgIpc) is 2.39. The zero-order valence-corrected chi connectivity index (χ0v) is 12.0. The van der Waals surface area contributed by atoms with E-state index in [2.05, 4.69) is 49.3 Å². The van der Waals surface area contributed by atoms with Crippen molar-refractivity contribution >= 4 is 11.8 Å². The van der Waals surface area contributed by atoms with E-state index in [9.17, 15) is 0 Å². The Morgan fingerprint density at radius 3 is 2.29 bits per heavy atom. The van der Waals surface area contributed by atoms with Crippen molar-refractivity contribution in [3.8, 4) is 0 Å². The molecular weight excluding hydrogens is 228 g/mol. The maximum Gasteiger partial charge on any atom is 0.0470 e. The Kier molecular flexibility index (Phi) is 6.63. The molecule has 1 rings (SSSR count). The highest BCUT2D eigenvalue weighted by molar-refractivity contribution is 7.98. The maximum absolute atomic E-state index is 5.94. The Hall–Kier alpha value is -0.510. The number of thioether (sulfide) groups is 1. The smallest absolute Gasteiger partial charge is 0.0470 e. The Balaban J connectivity index is 2.83. The van der Waals surface area contributed by atoms with E-state index in [0.29, 0.717) is 12.6 Å². The van der Waals surface area contributed by atoms with Gasteiger partial charge in [0.1, 0.15) is 0 Å². The van der Waals surface area contributed by atoms with Crippen molar-refractivity contribution in [2.75, 3.05) is 25.9 Å². The quantitative estimate of drug-likeness (QED) is 0.756. The molecule has 0 heterocycles. The lowest BCUT2D eigenvalue weighted by atomic mass is 10.1. The van der Waals surface area contributed by atoms with Crippen molar-refractivity contribution in [2.24, 2.45) is 5.73 Å². The van der Waals surface area contributed by atoms with Crippen molar-refractivity contribution < 1.29 is 0 Å². The van der Waals surface area contributed by atoms with Gasteiger partial charge in [-0.2, -0.15) is 0 Å². The van der Waals surface area contributed by atoms with E-state index >= 15 is 0 Å². The number of hydrogen-bond acceptors (Lipinski definition) is 3. The highest BCUT2D eigenvalue weighted by Crippen LogP contribution is 2.22. The van der Waals surface area contributed by atoms with Gasteiger partial charge in [0.2, 0.25) is 0 Å². The van der Waals surface area contributed by atoms with Gasteiger partial charge in [-0.1, -0.05) is 26.0 Å². The van der Waals surface area contributed by atoms with Crippen LogP contribution < -0.4 is 5.73 Å². The second-order valence-electron chi connectivity index (χ2n) is 4.15. The molecule has 0 bridgehead atoms. The summed E-state index contributed by atoms with van der Waals surface area (Å²) in [5.74, 6) is 0. The third kappa shape index (κ3) is 4.02. The first-order chi connectivity index (χ1) is 8.26. The fourth-order valence-electron chi connectivity index (χ4n) is 2.14. The van der Waals surface area contributed by atoms with Gasteiger partial charge in [-0.15, -0.1) is 11.8 Å². The second kappa shape index (κ2) is 7.75. The van der Waals surface area contributed by atoms with E-state index in [1.807, 2.05) is 0 Å². The highest BCUT2D eigenvalue weighted by atomic mass is 32.2. The van der Waals surface area contributed by atoms with Crippen LogP contribution in [0, 0.1) is 0 Å². The predicted octanol–water partition coefficient (Wildman–Crippen LogP) is 3.14. The molecule has 17 heavy (non-hydrogen) atoms. The van der Waals surface area contributed by atoms with Crippen LogP contribution in [0.3, 0.4) is 0 Å². The molecule has 0 saturated carbocycles. The molecule has 3 heteroatoms. The molecule has 1 aromatic carbocycles. The standard InChI is InChI=1S/C14H24N2S/c1-4-10-16(5-2)14(11-15)12-6-8-13(17-3)9-7-12/h6-9,14H,4-5,10-11,15H2,1-3H3. The van der Waals surface area contributed by atoms with Gasteiger partial charge in [0.05, 0.1) is 0 Å². The van der Waals surface area contributed by atoms with Gasteiger partial charge in [0.15, 0.2) is 0 Å². The molecule has 1 atom stereocenters. The molecule has 0 aliphatic rings. The molecule has 0 saturated heterocycles. The summed E-state index contributed by atoms with van der Waals surface area (Å²) >= 11 is 1.78. The van der Waals surface area contributed by atoms with E-state index in [1.165, 1.54) is 16.9 Å². The van der Waals surface area contributed by atoms with Crippen molar-refractivity contribution in [1.29, 1.82) is 0 Å². The van der Waals surface area contributed by atoms with Gasteiger partial charge in [0.25, 0.3) is 0 Å². The van der Waals surface area contributed by atoms with Crippen LogP contribution >= 0.6 is 11.8 Å². The Morgan fingerprint density at radius 1 is 1.24 bits per heavy atom. The fraction of sp³-hybridized carbons (Fsp3) is 0.571. The number of likely N-dealkylation sites (N-methyl/N-ethyl adjacent to an activating group) is 1. The molecule has 0 amide bonds. The van der Waals surface area contributed by atoms with Crippen molar-refractivity contribution in [3.05, 3.63) is 29.8 Å². The first-order valence-electron chi connectivity index (χ1n) is 6.34. The second-order valence-corrected chi connectivity index (χ2v) is 5.03. The van der Waals surface area contributed by atoms with Gasteiger partial charge < -0.3 is 5.73 Å². The molecule has 1 unspecified atom stereocenters. The molecule has 0 aromatic heterocycles. The van der Waals surface area contributed by atoms with Crippen LogP contribution in [0.15, 0.2) is 29.2 Å². The summed E-state index contributed by atoms with van der Waals surface area (Å²) in [7, 11) is 0. The molecule has 1 aromatic rings. The van der Waals surface area contributed by atoms with Crippen molar-refractivity contribution in [2.45, 2.75) is 31.2 Å². The highest BCUT2D eigenvalue weighted by Gasteiger charge is 2.16. The van der Waals surface area contributed by atoms with E-state index in [4.69, 9.17) is 5.73 Å². The van der Waals surface area contributed by atoms with Gasteiger partial charge in [-0.05, 0) is 43.5 Å². The predicted molar refractivity (Wildman–Crippen MR) is 77.6 cm³/mol. The molecule has 0 radical (unpaired) electrons. The summed E-state index contributed by atoms with van der Waals surface area (Å²) < 4.78 is 0. The summed E-state index contributed by atoms with van der Waals surface area (Å²) in [5, 5.41) is 0. The van der Waals surface area contributed by atoms with Gasteiger partial charge in [-0.25, -0.2) is 0 Å². The number of benzene rings is 1. The topological polar surface area (TPSA) is 29.3 Å². The van der Waals surface area contributed by atoms with Crippen LogP contribution in [-0.2, 0) is 0 Å². The van der Waals surface area contributed by atoms with Crippen molar-refractivity contribution in [1.82, 2.24) is 4.90 Å². The van der Waals surface area contributed by atoms with Crippen LogP contribution in [-0.4, -0.2) is 30.8 Å². The zero-order chi connectivity index (χ0) is 12.7. The summed E-state index contributed by atoms with van der Waals surface area (Å²) in [6.07, 6.45) is 3.28. The minimum Gasteiger partial charge on any atom is -0.329 e. The minimum atomic E-state index is 0.357. The Labute approximate surface area is 110 Å². The molecular formula is C14H24N2S. The first-order valence-corrected chi connectivity index (χ1v) is 7.57. The lowest BCUT2D eigenvalue weighted by molar-refractivity contribution is 0.213. The van der Waals surface area contributed by atoms with Crippen molar-refractivity contribution in [3.63, 3.8) is 0 Å². The largest absolute Gasteiger partial charge is 0.329 e. The van der Waals surface area contributed by atoms with Gasteiger partial charge in [0, 0.05) is 17.5 Å². The van der Waals surface area contributed by atoms with E-state index in [1.54, 1.807) is 11.8 Å². The summed E-state index contributed by atoms with van der Waals surface area (Å²) in [4.78, 5) is 3.76. The van der Waals surface area contributed by atoms with E-state index in [0.717, 1.165) is 13.1 Å². The van der Waals surface area contributed by atoms with Gasteiger partial charge >= 0.3 is 0 Å². The summed E-state index contributed by atoms with van der Waals surface area (Å²) in [6, 6.07) is 9.14. The van der Waals surface area contributed by atoms with Crippen LogP contribution in [0.2, 0.25) is 0 Å². The zero-order valence-electron chi connectivity index (χ0n) is 11.1. The number of nitrogens with zero attached hydrogens (tertiary/aromatic N) is 1. The van der Waals surface area contributed by atoms with Crippen LogP contribution in [0.4, 0.5) is 0 Å². The third-order valence-corrected chi connectivity index (χ3v) is 3.83. The lowest BCUT2D eigenvalue weighted by Crippen LogP contribution is -2.34. The number of rotatable bonds is 7. The molecule has 0 fully saturated rings. The fourth-order valence-corrected chi connectivity index (χ4v) is 2.55. The molecule has 96 valence electrons. The number of hydrogen-bond donors (Lipinski definition) is 1. The summed E-state index contributed by atoms with van der Waals surface area (Å²) in [5.41, 5.74) is 7.27. The summed E-state index contributed by atoms with van der Waals surface area (Å²) in [6.45, 7) is 7.27. The minimum absolute atomic E-state index is 0.357. The molecule has 2 nitrogen and oxygen atoms in total. The molecule has 2 N–H and O–H groups in total. The monoisotopic (exact) mass is 252 g/mol. The van der Waals surface area contributed by atoms with Crippen LogP contribution in [0.1, 0.15) is 31.9 Å². The van der Waals surface area contributed by atoms with E-state index in [-0.39, 0.29) is 0 Å². The van der Waals surface area contributed by atoms with E-state index < -0.39 is 0 Å². The number of nitrogens with two attached hydrogens (primary N) is 1. The average molecular weight is 252 g/mol. The van der Waals surface area contributed by atoms with Gasteiger partial charge in [-0.3, -0.25) is 4.90 Å². The Bertz CT molecular complexity index is 311.